The van der Waals surface area contributed by atoms with Gasteiger partial charge in [0.2, 0.25) is 0 Å². The minimum atomic E-state index is -0.00912. The number of ether oxygens (including phenoxy) is 2. The summed E-state index contributed by atoms with van der Waals surface area (Å²) in [5.74, 6) is 2.47. The zero-order chi connectivity index (χ0) is 12.3. The zero-order valence-corrected chi connectivity index (χ0v) is 11.5. The van der Waals surface area contributed by atoms with E-state index in [9.17, 15) is 0 Å². The Kier molecular flexibility index (Phi) is 4.14. The first-order valence-electron chi connectivity index (χ1n) is 5.30. The van der Waals surface area contributed by atoms with E-state index in [1.165, 1.54) is 11.1 Å². The maximum atomic E-state index is 5.44. The van der Waals surface area contributed by atoms with Crippen LogP contribution in [0.4, 0.5) is 0 Å². The van der Waals surface area contributed by atoms with Crippen molar-refractivity contribution in [3.05, 3.63) is 23.3 Å². The van der Waals surface area contributed by atoms with E-state index in [2.05, 4.69) is 33.4 Å². The molecule has 0 aliphatic heterocycles. The van der Waals surface area contributed by atoms with Crippen molar-refractivity contribution >= 4 is 12.6 Å². The average Bonchev–Trinajstić information content (AvgIpc) is 2.27. The lowest BCUT2D eigenvalue weighted by Gasteiger charge is -2.27. The second-order valence-electron chi connectivity index (χ2n) is 4.56. The molecule has 0 N–H and O–H groups in total. The lowest BCUT2D eigenvalue weighted by Crippen LogP contribution is -2.21. The van der Waals surface area contributed by atoms with Gasteiger partial charge in [0.25, 0.3) is 0 Å². The molecule has 0 radical (unpaired) electrons. The third kappa shape index (κ3) is 2.46. The van der Waals surface area contributed by atoms with Gasteiger partial charge in [0.05, 0.1) is 14.2 Å². The van der Waals surface area contributed by atoms with E-state index in [0.717, 1.165) is 17.3 Å². The summed E-state index contributed by atoms with van der Waals surface area (Å²) in [5.41, 5.74) is 2.37. The second kappa shape index (κ2) is 5.00. The van der Waals surface area contributed by atoms with Crippen molar-refractivity contribution in [2.45, 2.75) is 26.2 Å². The molecule has 0 unspecified atom stereocenters. The highest BCUT2D eigenvalue weighted by atomic mass is 32.1. The minimum absolute atomic E-state index is 0.00912. The quantitative estimate of drug-likeness (QED) is 0.815. The second-order valence-corrected chi connectivity index (χ2v) is 4.88. The standard InChI is InChI=1S/C13H20O2S/c1-9-6-10(14-4)7-11(15-5)12(9)13(2,3)8-16/h6-7,16H,8H2,1-5H3. The number of thiol groups is 1. The highest BCUT2D eigenvalue weighted by Crippen LogP contribution is 2.37. The molecular formula is C13H20O2S. The lowest BCUT2D eigenvalue weighted by molar-refractivity contribution is 0.382. The van der Waals surface area contributed by atoms with Gasteiger partial charge in [-0.05, 0) is 24.3 Å². The first kappa shape index (κ1) is 13.2. The predicted octanol–water partition coefficient (Wildman–Crippen LogP) is 3.22. The maximum Gasteiger partial charge on any atom is 0.126 e. The normalized spacial score (nSPS) is 11.4. The largest absolute Gasteiger partial charge is 0.497 e. The molecule has 0 aliphatic carbocycles. The topological polar surface area (TPSA) is 18.5 Å². The molecule has 1 aromatic carbocycles. The van der Waals surface area contributed by atoms with Gasteiger partial charge >= 0.3 is 0 Å². The summed E-state index contributed by atoms with van der Waals surface area (Å²) in [5, 5.41) is 0. The first-order valence-corrected chi connectivity index (χ1v) is 5.93. The predicted molar refractivity (Wildman–Crippen MR) is 71.2 cm³/mol. The van der Waals surface area contributed by atoms with Crippen LogP contribution >= 0.6 is 12.6 Å². The summed E-state index contributed by atoms with van der Waals surface area (Å²) in [6.07, 6.45) is 0. The summed E-state index contributed by atoms with van der Waals surface area (Å²) >= 11 is 4.41. The fourth-order valence-corrected chi connectivity index (χ4v) is 2.11. The molecule has 0 fully saturated rings. The Morgan fingerprint density at radius 2 is 1.81 bits per heavy atom. The van der Waals surface area contributed by atoms with Gasteiger partial charge in [0.15, 0.2) is 0 Å². The molecule has 0 spiro atoms. The number of hydrogen-bond acceptors (Lipinski definition) is 3. The fourth-order valence-electron chi connectivity index (χ4n) is 1.95. The van der Waals surface area contributed by atoms with E-state index in [1.54, 1.807) is 14.2 Å². The van der Waals surface area contributed by atoms with Gasteiger partial charge in [-0.15, -0.1) is 0 Å². The SMILES string of the molecule is COc1cc(C)c(C(C)(C)CS)c(OC)c1. The molecule has 2 nitrogen and oxygen atoms in total. The van der Waals surface area contributed by atoms with E-state index in [0.29, 0.717) is 0 Å². The van der Waals surface area contributed by atoms with Crippen LogP contribution in [0.15, 0.2) is 12.1 Å². The van der Waals surface area contributed by atoms with Gasteiger partial charge in [-0.3, -0.25) is 0 Å². The van der Waals surface area contributed by atoms with E-state index in [4.69, 9.17) is 9.47 Å². The minimum Gasteiger partial charge on any atom is -0.497 e. The Morgan fingerprint density at radius 3 is 2.25 bits per heavy atom. The van der Waals surface area contributed by atoms with E-state index in [1.807, 2.05) is 12.1 Å². The van der Waals surface area contributed by atoms with Crippen molar-refractivity contribution in [1.29, 1.82) is 0 Å². The highest BCUT2D eigenvalue weighted by molar-refractivity contribution is 7.80. The monoisotopic (exact) mass is 240 g/mol. The van der Waals surface area contributed by atoms with Crippen LogP contribution in [0.2, 0.25) is 0 Å². The Balaban J connectivity index is 3.38. The van der Waals surface area contributed by atoms with Gasteiger partial charge in [-0.1, -0.05) is 13.8 Å². The van der Waals surface area contributed by atoms with Crippen LogP contribution in [0.25, 0.3) is 0 Å². The van der Waals surface area contributed by atoms with E-state index >= 15 is 0 Å². The van der Waals surface area contributed by atoms with Crippen LogP contribution in [0, 0.1) is 6.92 Å². The third-order valence-corrected chi connectivity index (χ3v) is 3.59. The Labute approximate surface area is 103 Å². The lowest BCUT2D eigenvalue weighted by atomic mass is 9.83. The average molecular weight is 240 g/mol. The zero-order valence-electron chi connectivity index (χ0n) is 10.6. The van der Waals surface area contributed by atoms with E-state index in [-0.39, 0.29) is 5.41 Å². The number of benzene rings is 1. The molecule has 0 amide bonds. The van der Waals surface area contributed by atoms with Crippen molar-refractivity contribution in [3.63, 3.8) is 0 Å². The van der Waals surface area contributed by atoms with Crippen LogP contribution in [0.3, 0.4) is 0 Å². The van der Waals surface area contributed by atoms with Gasteiger partial charge in [-0.2, -0.15) is 12.6 Å². The number of aryl methyl sites for hydroxylation is 1. The van der Waals surface area contributed by atoms with E-state index < -0.39 is 0 Å². The van der Waals surface area contributed by atoms with Crippen molar-refractivity contribution in [2.24, 2.45) is 0 Å². The van der Waals surface area contributed by atoms with Crippen molar-refractivity contribution < 1.29 is 9.47 Å². The van der Waals surface area contributed by atoms with Crippen molar-refractivity contribution in [3.8, 4) is 11.5 Å². The molecule has 0 atom stereocenters. The summed E-state index contributed by atoms with van der Waals surface area (Å²) in [6, 6.07) is 3.95. The van der Waals surface area contributed by atoms with Crippen molar-refractivity contribution in [1.82, 2.24) is 0 Å². The molecule has 1 aromatic rings. The summed E-state index contributed by atoms with van der Waals surface area (Å²) in [6.45, 7) is 6.40. The smallest absolute Gasteiger partial charge is 0.126 e. The molecular weight excluding hydrogens is 220 g/mol. The van der Waals surface area contributed by atoms with Crippen LogP contribution in [-0.2, 0) is 5.41 Å². The maximum absolute atomic E-state index is 5.44. The molecule has 0 saturated heterocycles. The number of rotatable bonds is 4. The van der Waals surface area contributed by atoms with Gasteiger partial charge < -0.3 is 9.47 Å². The van der Waals surface area contributed by atoms with Crippen molar-refractivity contribution in [2.75, 3.05) is 20.0 Å². The molecule has 90 valence electrons. The van der Waals surface area contributed by atoms with Crippen LogP contribution in [0.1, 0.15) is 25.0 Å². The van der Waals surface area contributed by atoms with Gasteiger partial charge in [0, 0.05) is 17.0 Å². The number of hydrogen-bond donors (Lipinski definition) is 1. The molecule has 1 rings (SSSR count). The van der Waals surface area contributed by atoms with Crippen LogP contribution in [0.5, 0.6) is 11.5 Å². The van der Waals surface area contributed by atoms with Crippen LogP contribution < -0.4 is 9.47 Å². The summed E-state index contributed by atoms with van der Waals surface area (Å²) in [7, 11) is 3.35. The van der Waals surface area contributed by atoms with Crippen LogP contribution in [-0.4, -0.2) is 20.0 Å². The Hall–Kier alpha value is -0.830. The first-order chi connectivity index (χ1) is 7.46. The Bertz CT molecular complexity index is 372. The summed E-state index contributed by atoms with van der Waals surface area (Å²) < 4.78 is 10.7. The molecule has 3 heteroatoms. The Morgan fingerprint density at radius 1 is 1.19 bits per heavy atom. The van der Waals surface area contributed by atoms with Gasteiger partial charge in [-0.25, -0.2) is 0 Å². The summed E-state index contributed by atoms with van der Waals surface area (Å²) in [4.78, 5) is 0. The molecule has 0 heterocycles. The molecule has 0 aliphatic rings. The fraction of sp³-hybridized carbons (Fsp3) is 0.538. The molecule has 16 heavy (non-hydrogen) atoms. The molecule has 0 saturated carbocycles. The third-order valence-electron chi connectivity index (χ3n) is 2.80. The molecule has 0 aromatic heterocycles. The molecule has 0 bridgehead atoms. The van der Waals surface area contributed by atoms with Gasteiger partial charge in [0.1, 0.15) is 11.5 Å². The highest BCUT2D eigenvalue weighted by Gasteiger charge is 2.25. The number of methoxy groups -OCH3 is 2.